The number of aliphatic carboxylic acids is 1. The molecule has 2 rings (SSSR count). The van der Waals surface area contributed by atoms with E-state index in [-0.39, 0.29) is 18.5 Å². The molecular weight excluding hydrogens is 276 g/mol. The zero-order chi connectivity index (χ0) is 14.5. The minimum absolute atomic E-state index is 0.0333. The van der Waals surface area contributed by atoms with Gasteiger partial charge in [0.05, 0.1) is 12.5 Å². The van der Waals surface area contributed by atoms with E-state index in [2.05, 4.69) is 0 Å². The van der Waals surface area contributed by atoms with E-state index < -0.39 is 5.97 Å². The predicted octanol–water partition coefficient (Wildman–Crippen LogP) is 2.12. The van der Waals surface area contributed by atoms with Crippen molar-refractivity contribution in [3.63, 3.8) is 0 Å². The molecule has 0 aromatic carbocycles. The maximum absolute atomic E-state index is 12.6. The van der Waals surface area contributed by atoms with Crippen LogP contribution in [0.3, 0.4) is 0 Å². The van der Waals surface area contributed by atoms with Crippen molar-refractivity contribution in [2.45, 2.75) is 38.6 Å². The smallest absolute Gasteiger partial charge is 0.320 e. The minimum atomic E-state index is -0.822. The third kappa shape index (κ3) is 3.81. The molecule has 0 aromatic rings. The summed E-state index contributed by atoms with van der Waals surface area (Å²) in [7, 11) is 0. The number of nitrogens with zero attached hydrogens (tertiary/aromatic N) is 2. The van der Waals surface area contributed by atoms with Gasteiger partial charge < -0.3 is 14.9 Å². The molecule has 0 radical (unpaired) electrons. The number of thioether (sulfide) groups is 1. The first-order valence-corrected chi connectivity index (χ1v) is 8.62. The maximum atomic E-state index is 12.6. The van der Waals surface area contributed by atoms with Crippen LogP contribution in [0.5, 0.6) is 0 Å². The molecule has 1 saturated heterocycles. The van der Waals surface area contributed by atoms with Crippen molar-refractivity contribution in [3.05, 3.63) is 0 Å². The molecule has 1 aliphatic heterocycles. The SMILES string of the molecule is CCN(CC1CCC1)C(=O)N1CCSCC1CC(=O)O. The molecule has 1 aliphatic carbocycles. The molecule has 1 saturated carbocycles. The van der Waals surface area contributed by atoms with Gasteiger partial charge in [-0.05, 0) is 25.7 Å². The van der Waals surface area contributed by atoms with Crippen LogP contribution in [-0.2, 0) is 4.79 Å². The van der Waals surface area contributed by atoms with Crippen LogP contribution in [0.1, 0.15) is 32.6 Å². The first-order valence-electron chi connectivity index (χ1n) is 7.47. The van der Waals surface area contributed by atoms with Crippen LogP contribution in [0, 0.1) is 5.92 Å². The molecule has 5 nitrogen and oxygen atoms in total. The summed E-state index contributed by atoms with van der Waals surface area (Å²) in [6, 6.07) is -0.125. The number of rotatable bonds is 5. The zero-order valence-electron chi connectivity index (χ0n) is 12.1. The summed E-state index contributed by atoms with van der Waals surface area (Å²) in [5, 5.41) is 8.99. The maximum Gasteiger partial charge on any atom is 0.320 e. The standard InChI is InChI=1S/C14H24N2O3S/c1-2-15(9-11-4-3-5-11)14(19)16-6-7-20-10-12(16)8-13(17)18/h11-12H,2-10H2,1H3,(H,17,18). The second-order valence-corrected chi connectivity index (χ2v) is 6.79. The summed E-state index contributed by atoms with van der Waals surface area (Å²) in [5.74, 6) is 1.47. The van der Waals surface area contributed by atoms with Crippen molar-refractivity contribution >= 4 is 23.8 Å². The topological polar surface area (TPSA) is 60.9 Å². The highest BCUT2D eigenvalue weighted by atomic mass is 32.2. The van der Waals surface area contributed by atoms with E-state index in [1.54, 1.807) is 16.7 Å². The van der Waals surface area contributed by atoms with Crippen LogP contribution in [0.15, 0.2) is 0 Å². The highest BCUT2D eigenvalue weighted by Crippen LogP contribution is 2.28. The number of hydrogen-bond donors (Lipinski definition) is 1. The molecule has 0 spiro atoms. The van der Waals surface area contributed by atoms with Gasteiger partial charge >= 0.3 is 12.0 Å². The number of carbonyl (C=O) groups excluding carboxylic acids is 1. The monoisotopic (exact) mass is 300 g/mol. The van der Waals surface area contributed by atoms with E-state index in [0.717, 1.165) is 18.1 Å². The highest BCUT2D eigenvalue weighted by Gasteiger charge is 2.32. The van der Waals surface area contributed by atoms with Gasteiger partial charge in [-0.2, -0.15) is 11.8 Å². The van der Waals surface area contributed by atoms with Crippen molar-refractivity contribution in [3.8, 4) is 0 Å². The molecular formula is C14H24N2O3S. The lowest BCUT2D eigenvalue weighted by Gasteiger charge is -2.40. The lowest BCUT2D eigenvalue weighted by atomic mass is 9.85. The molecule has 6 heteroatoms. The fourth-order valence-corrected chi connectivity index (χ4v) is 3.85. The third-order valence-electron chi connectivity index (χ3n) is 4.24. The summed E-state index contributed by atoms with van der Waals surface area (Å²) in [5.41, 5.74) is 0. The van der Waals surface area contributed by atoms with Gasteiger partial charge in [0, 0.05) is 31.1 Å². The first-order chi connectivity index (χ1) is 9.61. The zero-order valence-corrected chi connectivity index (χ0v) is 12.9. The summed E-state index contributed by atoms with van der Waals surface area (Å²) < 4.78 is 0. The van der Waals surface area contributed by atoms with Gasteiger partial charge in [-0.3, -0.25) is 4.79 Å². The quantitative estimate of drug-likeness (QED) is 0.845. The molecule has 1 N–H and O–H groups in total. The fourth-order valence-electron chi connectivity index (χ4n) is 2.79. The Hall–Kier alpha value is -0.910. The number of carbonyl (C=O) groups is 2. The molecule has 1 atom stereocenters. The summed E-state index contributed by atoms with van der Waals surface area (Å²) in [4.78, 5) is 27.3. The molecule has 2 aliphatic rings. The highest BCUT2D eigenvalue weighted by molar-refractivity contribution is 7.99. The average molecular weight is 300 g/mol. The normalized spacial score (nSPS) is 23.2. The van der Waals surface area contributed by atoms with Gasteiger partial charge in [-0.15, -0.1) is 0 Å². The Kier molecular flexibility index (Phi) is 5.57. The molecule has 2 fully saturated rings. The van der Waals surface area contributed by atoms with E-state index in [9.17, 15) is 9.59 Å². The van der Waals surface area contributed by atoms with Gasteiger partial charge in [-0.1, -0.05) is 6.42 Å². The first kappa shape index (κ1) is 15.5. The fraction of sp³-hybridized carbons (Fsp3) is 0.857. The van der Waals surface area contributed by atoms with Gasteiger partial charge in [0.15, 0.2) is 0 Å². The van der Waals surface area contributed by atoms with Crippen molar-refractivity contribution in [1.29, 1.82) is 0 Å². The molecule has 20 heavy (non-hydrogen) atoms. The number of carboxylic acids is 1. The van der Waals surface area contributed by atoms with Crippen LogP contribution in [-0.4, -0.2) is 64.1 Å². The van der Waals surface area contributed by atoms with Crippen LogP contribution < -0.4 is 0 Å². The predicted molar refractivity (Wildman–Crippen MR) is 80.1 cm³/mol. The summed E-state index contributed by atoms with van der Waals surface area (Å²) >= 11 is 1.74. The number of urea groups is 1. The molecule has 1 heterocycles. The molecule has 2 amide bonds. The van der Waals surface area contributed by atoms with Gasteiger partial charge in [0.1, 0.15) is 0 Å². The Labute approximate surface area is 124 Å². The van der Waals surface area contributed by atoms with E-state index in [0.29, 0.717) is 19.0 Å². The second-order valence-electron chi connectivity index (χ2n) is 5.64. The Morgan fingerprint density at radius 2 is 2.15 bits per heavy atom. The lowest BCUT2D eigenvalue weighted by Crippen LogP contribution is -2.53. The molecule has 114 valence electrons. The van der Waals surface area contributed by atoms with Crippen LogP contribution in [0.2, 0.25) is 0 Å². The van der Waals surface area contributed by atoms with Gasteiger partial charge in [0.2, 0.25) is 0 Å². The summed E-state index contributed by atoms with van der Waals surface area (Å²) in [6.45, 7) is 4.21. The van der Waals surface area contributed by atoms with Gasteiger partial charge in [0.25, 0.3) is 0 Å². The van der Waals surface area contributed by atoms with Crippen LogP contribution in [0.4, 0.5) is 4.79 Å². The van der Waals surface area contributed by atoms with E-state index in [1.807, 2.05) is 11.8 Å². The van der Waals surface area contributed by atoms with Crippen molar-refractivity contribution in [2.24, 2.45) is 5.92 Å². The Morgan fingerprint density at radius 3 is 2.70 bits per heavy atom. The van der Waals surface area contributed by atoms with Crippen molar-refractivity contribution in [1.82, 2.24) is 9.80 Å². The third-order valence-corrected chi connectivity index (χ3v) is 5.33. The molecule has 0 aromatic heterocycles. The Morgan fingerprint density at radius 1 is 1.40 bits per heavy atom. The van der Waals surface area contributed by atoms with Crippen molar-refractivity contribution < 1.29 is 14.7 Å². The largest absolute Gasteiger partial charge is 0.481 e. The van der Waals surface area contributed by atoms with E-state index in [4.69, 9.17) is 5.11 Å². The van der Waals surface area contributed by atoms with Crippen molar-refractivity contribution in [2.75, 3.05) is 31.1 Å². The van der Waals surface area contributed by atoms with Gasteiger partial charge in [-0.25, -0.2) is 4.79 Å². The lowest BCUT2D eigenvalue weighted by molar-refractivity contribution is -0.138. The molecule has 1 unspecified atom stereocenters. The number of carboxylic acid groups (broad SMARTS) is 1. The van der Waals surface area contributed by atoms with E-state index in [1.165, 1.54) is 19.3 Å². The van der Waals surface area contributed by atoms with Crippen LogP contribution in [0.25, 0.3) is 0 Å². The second kappa shape index (κ2) is 7.20. The average Bonchev–Trinajstić information content (AvgIpc) is 2.37. The van der Waals surface area contributed by atoms with Crippen LogP contribution >= 0.6 is 11.8 Å². The Bertz CT molecular complexity index is 360. The van der Waals surface area contributed by atoms with E-state index >= 15 is 0 Å². The number of amides is 2. The molecule has 0 bridgehead atoms. The Balaban J connectivity index is 1.96. The summed E-state index contributed by atoms with van der Waals surface area (Å²) in [6.07, 6.45) is 3.77. The minimum Gasteiger partial charge on any atom is -0.481 e. The number of hydrogen-bond acceptors (Lipinski definition) is 3.